The molecular weight excluding hydrogens is 307 g/mol. The Morgan fingerprint density at radius 3 is 2.24 bits per heavy atom. The number of amides is 1. The van der Waals surface area contributed by atoms with Gasteiger partial charge >= 0.3 is 11.6 Å². The van der Waals surface area contributed by atoms with Crippen molar-refractivity contribution in [2.45, 2.75) is 51.6 Å². The molecule has 1 atom stereocenters. The molecule has 4 nitrogen and oxygen atoms in total. The molecule has 1 unspecified atom stereocenters. The number of ether oxygens (including phenoxy) is 1. The fraction of sp³-hybridized carbons (Fsp3) is 0.923. The lowest BCUT2D eigenvalue weighted by Crippen LogP contribution is -2.42. The van der Waals surface area contributed by atoms with Crippen LogP contribution in [0.1, 0.15) is 40.5 Å². The van der Waals surface area contributed by atoms with E-state index in [-0.39, 0.29) is 37.1 Å². The summed E-state index contributed by atoms with van der Waals surface area (Å²) in [6, 6.07) is 0. The van der Waals surface area contributed by atoms with Crippen LogP contribution in [0.3, 0.4) is 0 Å². The first kappa shape index (κ1) is 20.4. The second-order valence-electron chi connectivity index (χ2n) is 5.91. The van der Waals surface area contributed by atoms with E-state index in [1.165, 1.54) is 0 Å². The molecule has 0 aromatic carbocycles. The van der Waals surface area contributed by atoms with Crippen molar-refractivity contribution in [3.63, 3.8) is 0 Å². The van der Waals surface area contributed by atoms with E-state index in [1.807, 2.05) is 0 Å². The van der Waals surface area contributed by atoms with Crippen molar-refractivity contribution >= 4 is 17.9 Å². The van der Waals surface area contributed by atoms with Crippen LogP contribution in [0.4, 0.5) is 18.0 Å². The van der Waals surface area contributed by atoms with E-state index in [0.29, 0.717) is 6.42 Å². The zero-order valence-corrected chi connectivity index (χ0v) is 13.7. The lowest BCUT2D eigenvalue weighted by molar-refractivity contribution is -0.0330. The average Bonchev–Trinajstić information content (AvgIpc) is 2.30. The molecule has 8 heteroatoms. The molecule has 126 valence electrons. The Hall–Kier alpha value is -0.630. The molecule has 0 spiro atoms. The van der Waals surface area contributed by atoms with Crippen LogP contribution >= 0.6 is 11.8 Å². The van der Waals surface area contributed by atoms with E-state index in [4.69, 9.17) is 4.74 Å². The van der Waals surface area contributed by atoms with Gasteiger partial charge in [-0.2, -0.15) is 13.2 Å². The summed E-state index contributed by atoms with van der Waals surface area (Å²) in [6.07, 6.45) is -0.0326. The molecule has 21 heavy (non-hydrogen) atoms. The van der Waals surface area contributed by atoms with Crippen LogP contribution in [0.2, 0.25) is 0 Å². The van der Waals surface area contributed by atoms with Crippen LogP contribution in [0.5, 0.6) is 0 Å². The number of rotatable bonds is 7. The maximum atomic E-state index is 12.1. The first-order valence-corrected chi connectivity index (χ1v) is 7.70. The van der Waals surface area contributed by atoms with Gasteiger partial charge in [-0.05, 0) is 33.6 Å². The number of hydrogen-bond donors (Lipinski definition) is 2. The summed E-state index contributed by atoms with van der Waals surface area (Å²) in [4.78, 5) is 11.6. The Morgan fingerprint density at radius 1 is 1.29 bits per heavy atom. The number of aliphatic hydroxyl groups excluding tert-OH is 1. The largest absolute Gasteiger partial charge is 0.444 e. The topological polar surface area (TPSA) is 58.6 Å². The number of nitrogens with one attached hydrogen (secondary N) is 1. The summed E-state index contributed by atoms with van der Waals surface area (Å²) >= 11 is -0.120. The molecule has 0 rings (SSSR count). The smallest absolute Gasteiger partial charge is 0.441 e. The second kappa shape index (κ2) is 8.12. The Kier molecular flexibility index (Phi) is 7.88. The minimum absolute atomic E-state index is 0.0767. The van der Waals surface area contributed by atoms with E-state index in [0.717, 1.165) is 0 Å². The zero-order valence-electron chi connectivity index (χ0n) is 12.8. The molecular formula is C13H24F3NO3S. The highest BCUT2D eigenvalue weighted by molar-refractivity contribution is 8.00. The number of alkyl halides is 3. The van der Waals surface area contributed by atoms with Crippen molar-refractivity contribution in [3.8, 4) is 0 Å². The summed E-state index contributed by atoms with van der Waals surface area (Å²) in [5, 5.41) is 12.0. The van der Waals surface area contributed by atoms with Crippen molar-refractivity contribution < 1.29 is 27.8 Å². The molecule has 0 aliphatic heterocycles. The minimum atomic E-state index is -4.28. The van der Waals surface area contributed by atoms with Crippen LogP contribution in [-0.2, 0) is 4.74 Å². The van der Waals surface area contributed by atoms with Crippen LogP contribution in [0.15, 0.2) is 0 Å². The molecule has 2 N–H and O–H groups in total. The predicted molar refractivity (Wildman–Crippen MR) is 77.2 cm³/mol. The van der Waals surface area contributed by atoms with Crippen LogP contribution < -0.4 is 5.32 Å². The van der Waals surface area contributed by atoms with Crippen LogP contribution in [0, 0.1) is 5.41 Å². The SMILES string of the molecule is CCC(CO)(CCSC(F)(F)F)CNC(=O)OC(C)(C)C. The van der Waals surface area contributed by atoms with Crippen molar-refractivity contribution in [1.82, 2.24) is 5.32 Å². The molecule has 0 saturated heterocycles. The molecule has 1 amide bonds. The summed E-state index contributed by atoms with van der Waals surface area (Å²) in [5.74, 6) is -0.159. The molecule has 0 bridgehead atoms. The van der Waals surface area contributed by atoms with Gasteiger partial charge in [-0.15, -0.1) is 0 Å². The maximum Gasteiger partial charge on any atom is 0.441 e. The van der Waals surface area contributed by atoms with Gasteiger partial charge in [0, 0.05) is 17.7 Å². The van der Waals surface area contributed by atoms with E-state index in [2.05, 4.69) is 5.32 Å². The molecule has 0 aromatic rings. The molecule has 0 radical (unpaired) electrons. The lowest BCUT2D eigenvalue weighted by atomic mass is 9.83. The first-order chi connectivity index (χ1) is 9.43. The van der Waals surface area contributed by atoms with Crippen molar-refractivity contribution in [2.75, 3.05) is 18.9 Å². The second-order valence-corrected chi connectivity index (χ2v) is 7.07. The molecule has 0 aromatic heterocycles. The monoisotopic (exact) mass is 331 g/mol. The zero-order chi connectivity index (χ0) is 16.7. The third-order valence-electron chi connectivity index (χ3n) is 2.99. The van der Waals surface area contributed by atoms with Gasteiger partial charge in [0.15, 0.2) is 0 Å². The fourth-order valence-corrected chi connectivity index (χ4v) is 2.36. The number of carbonyl (C=O) groups is 1. The Balaban J connectivity index is 4.43. The summed E-state index contributed by atoms with van der Waals surface area (Å²) in [6.45, 7) is 6.69. The van der Waals surface area contributed by atoms with Crippen molar-refractivity contribution in [2.24, 2.45) is 5.41 Å². The van der Waals surface area contributed by atoms with Gasteiger partial charge in [-0.25, -0.2) is 4.79 Å². The summed E-state index contributed by atoms with van der Waals surface area (Å²) < 4.78 is 41.5. The Bertz CT molecular complexity index is 326. The Labute approximate surface area is 127 Å². The standard InChI is InChI=1S/C13H24F3NO3S/c1-5-12(9-18,6-7-21-13(14,15)16)8-17-10(19)20-11(2,3)4/h18H,5-9H2,1-4H3,(H,17,19). The van der Waals surface area contributed by atoms with Gasteiger partial charge < -0.3 is 15.2 Å². The number of alkyl carbamates (subject to hydrolysis) is 1. The number of thioether (sulfide) groups is 1. The molecule has 0 aliphatic rings. The Morgan fingerprint density at radius 2 is 1.86 bits per heavy atom. The highest BCUT2D eigenvalue weighted by atomic mass is 32.2. The minimum Gasteiger partial charge on any atom is -0.444 e. The van der Waals surface area contributed by atoms with Crippen molar-refractivity contribution in [3.05, 3.63) is 0 Å². The summed E-state index contributed by atoms with van der Waals surface area (Å²) in [7, 11) is 0. The van der Waals surface area contributed by atoms with E-state index in [9.17, 15) is 23.1 Å². The maximum absolute atomic E-state index is 12.1. The van der Waals surface area contributed by atoms with Gasteiger partial charge in [-0.3, -0.25) is 0 Å². The third-order valence-corrected chi connectivity index (χ3v) is 3.73. The molecule has 0 heterocycles. The highest BCUT2D eigenvalue weighted by Crippen LogP contribution is 2.34. The van der Waals surface area contributed by atoms with E-state index < -0.39 is 22.6 Å². The van der Waals surface area contributed by atoms with Gasteiger partial charge in [0.25, 0.3) is 0 Å². The quantitative estimate of drug-likeness (QED) is 0.749. The number of aliphatic hydroxyl groups is 1. The van der Waals surface area contributed by atoms with E-state index in [1.54, 1.807) is 27.7 Å². The molecule has 0 saturated carbocycles. The fourth-order valence-electron chi connectivity index (χ4n) is 1.59. The number of halogens is 3. The number of hydrogen-bond acceptors (Lipinski definition) is 4. The molecule has 0 aliphatic carbocycles. The summed E-state index contributed by atoms with van der Waals surface area (Å²) in [5.41, 5.74) is -5.70. The van der Waals surface area contributed by atoms with Crippen molar-refractivity contribution in [1.29, 1.82) is 0 Å². The van der Waals surface area contributed by atoms with Crippen LogP contribution in [0.25, 0.3) is 0 Å². The molecule has 0 fully saturated rings. The highest BCUT2D eigenvalue weighted by Gasteiger charge is 2.33. The van der Waals surface area contributed by atoms with Gasteiger partial charge in [-0.1, -0.05) is 18.7 Å². The average molecular weight is 331 g/mol. The van der Waals surface area contributed by atoms with Crippen LogP contribution in [-0.4, -0.2) is 41.2 Å². The number of carbonyl (C=O) groups excluding carboxylic acids is 1. The normalized spacial score (nSPS) is 15.4. The van der Waals surface area contributed by atoms with E-state index >= 15 is 0 Å². The van der Waals surface area contributed by atoms with Gasteiger partial charge in [0.2, 0.25) is 0 Å². The first-order valence-electron chi connectivity index (χ1n) is 6.71. The van der Waals surface area contributed by atoms with Gasteiger partial charge in [0.05, 0.1) is 6.61 Å². The lowest BCUT2D eigenvalue weighted by Gasteiger charge is -2.31. The van der Waals surface area contributed by atoms with Gasteiger partial charge in [0.1, 0.15) is 5.60 Å². The third kappa shape index (κ3) is 9.84. The predicted octanol–water partition coefficient (Wildman–Crippen LogP) is 3.54.